The van der Waals surface area contributed by atoms with Gasteiger partial charge in [0.25, 0.3) is 0 Å². The van der Waals surface area contributed by atoms with E-state index in [0.717, 1.165) is 42.2 Å². The zero-order valence-electron chi connectivity index (χ0n) is 21.4. The van der Waals surface area contributed by atoms with Crippen LogP contribution in [0.15, 0.2) is 58.5 Å². The molecule has 0 saturated carbocycles. The number of hydrogen-bond donors (Lipinski definition) is 1. The zero-order valence-corrected chi connectivity index (χ0v) is 25.6. The zero-order chi connectivity index (χ0) is 25.3. The van der Waals surface area contributed by atoms with Gasteiger partial charge in [0.15, 0.2) is 0 Å². The molecule has 0 fully saturated rings. The quantitative estimate of drug-likeness (QED) is 0.258. The van der Waals surface area contributed by atoms with Gasteiger partial charge < -0.3 is 5.32 Å². The summed E-state index contributed by atoms with van der Waals surface area (Å²) in [7, 11) is 1.25. The second-order valence-electron chi connectivity index (χ2n) is 10.4. The number of aliphatic imine (C=N–C) groups is 2. The fourth-order valence-electron chi connectivity index (χ4n) is 4.14. The molecular formula is C28H39Br2N3Ni. The maximum absolute atomic E-state index is 5.38. The summed E-state index contributed by atoms with van der Waals surface area (Å²) in [6.07, 6.45) is 2.22. The minimum absolute atomic E-state index is 0.123. The van der Waals surface area contributed by atoms with Crippen LogP contribution in [-0.4, -0.2) is 24.1 Å². The Bertz CT molecular complexity index is 937. The third-order valence-corrected chi connectivity index (χ3v) is 6.07. The van der Waals surface area contributed by atoms with E-state index in [1.54, 1.807) is 0 Å². The SMILES string of the molecule is CC(C)c1cccc(C(C)C)c1N=C(C1=N[C@@H](C(C)(C)C)CCCN1)c1ccccc1.[Br][Ni][Br]. The molecule has 190 valence electrons. The first-order valence-electron chi connectivity index (χ1n) is 12.0. The molecule has 1 aliphatic rings. The van der Waals surface area contributed by atoms with Gasteiger partial charge >= 0.3 is 39.3 Å². The molecule has 3 rings (SSSR count). The summed E-state index contributed by atoms with van der Waals surface area (Å²) in [6.45, 7) is 16.8. The van der Waals surface area contributed by atoms with Crippen LogP contribution >= 0.6 is 28.5 Å². The van der Waals surface area contributed by atoms with Crippen molar-refractivity contribution in [1.29, 1.82) is 0 Å². The summed E-state index contributed by atoms with van der Waals surface area (Å²) < 4.78 is 0. The Labute approximate surface area is 227 Å². The number of nitrogens with one attached hydrogen (secondary N) is 1. The Balaban J connectivity index is 0.00000129. The summed E-state index contributed by atoms with van der Waals surface area (Å²) >= 11 is 6.00. The van der Waals surface area contributed by atoms with Crippen molar-refractivity contribution in [3.05, 3.63) is 65.2 Å². The number of benzene rings is 2. The van der Waals surface area contributed by atoms with Crippen LogP contribution < -0.4 is 5.32 Å². The molecule has 3 nitrogen and oxygen atoms in total. The van der Waals surface area contributed by atoms with Crippen LogP contribution in [0.3, 0.4) is 0 Å². The topological polar surface area (TPSA) is 36.8 Å². The molecule has 2 aromatic rings. The summed E-state index contributed by atoms with van der Waals surface area (Å²) in [5.74, 6) is 1.73. The van der Waals surface area contributed by atoms with E-state index < -0.39 is 0 Å². The van der Waals surface area contributed by atoms with Gasteiger partial charge in [-0.15, -0.1) is 0 Å². The summed E-state index contributed by atoms with van der Waals surface area (Å²) in [5, 5.41) is 3.62. The average Bonchev–Trinajstić information content (AvgIpc) is 3.04. The van der Waals surface area contributed by atoms with E-state index in [4.69, 9.17) is 9.98 Å². The van der Waals surface area contributed by atoms with Gasteiger partial charge in [-0.1, -0.05) is 97.0 Å². The van der Waals surface area contributed by atoms with Crippen LogP contribution in [0.5, 0.6) is 0 Å². The van der Waals surface area contributed by atoms with Gasteiger partial charge in [-0.3, -0.25) is 4.99 Å². The van der Waals surface area contributed by atoms with Crippen molar-refractivity contribution >= 4 is 45.7 Å². The molecule has 1 atom stereocenters. The van der Waals surface area contributed by atoms with Crippen LogP contribution in [-0.2, 0) is 10.9 Å². The molecule has 0 spiro atoms. The fraction of sp³-hybridized carbons (Fsp3) is 0.500. The first-order valence-corrected chi connectivity index (χ1v) is 16.9. The number of hydrogen-bond acceptors (Lipinski definition) is 3. The number of nitrogens with zero attached hydrogens (tertiary/aromatic N) is 2. The van der Waals surface area contributed by atoms with Crippen molar-refractivity contribution < 1.29 is 10.9 Å². The molecule has 34 heavy (non-hydrogen) atoms. The fourth-order valence-corrected chi connectivity index (χ4v) is 4.14. The second-order valence-corrected chi connectivity index (χ2v) is 15.4. The molecule has 1 aliphatic heterocycles. The molecule has 0 aromatic heterocycles. The average molecular weight is 636 g/mol. The van der Waals surface area contributed by atoms with Crippen LogP contribution in [0.25, 0.3) is 0 Å². The predicted molar refractivity (Wildman–Crippen MR) is 153 cm³/mol. The molecule has 1 heterocycles. The Morgan fingerprint density at radius 2 is 1.53 bits per heavy atom. The molecule has 0 unspecified atom stereocenters. The molecule has 0 aliphatic carbocycles. The van der Waals surface area contributed by atoms with Crippen LogP contribution in [0.4, 0.5) is 5.69 Å². The summed E-state index contributed by atoms with van der Waals surface area (Å²) in [5.41, 5.74) is 5.87. The Hall–Kier alpha value is -0.966. The molecule has 0 saturated heterocycles. The van der Waals surface area contributed by atoms with Gasteiger partial charge in [0.2, 0.25) is 0 Å². The van der Waals surface area contributed by atoms with E-state index in [9.17, 15) is 0 Å². The van der Waals surface area contributed by atoms with Gasteiger partial charge in [0, 0.05) is 12.1 Å². The third-order valence-electron chi connectivity index (χ3n) is 6.07. The standard InChI is InChI=1S/C28H39N3.2BrH.Ni/c1-19(2)22-15-11-16-23(20(3)4)26(22)31-25(21-13-9-8-10-14-21)27-29-18-12-17-24(30-27)28(5,6)7;;;/h8-11,13-16,19-20,24H,12,17-18H2,1-7H3,(H,29,30);2*1H;/q;;;+2/p-2/t24-;;;/m1.../s1. The predicted octanol–water partition coefficient (Wildman–Crippen LogP) is 8.94. The van der Waals surface area contributed by atoms with E-state index in [-0.39, 0.29) is 11.5 Å². The van der Waals surface area contributed by atoms with E-state index in [1.807, 2.05) is 0 Å². The maximum atomic E-state index is 5.38. The normalized spacial score (nSPS) is 17.1. The van der Waals surface area contributed by atoms with Gasteiger partial charge in [-0.05, 0) is 41.2 Å². The van der Waals surface area contributed by atoms with Gasteiger partial charge in [-0.2, -0.15) is 0 Å². The van der Waals surface area contributed by atoms with Crippen molar-refractivity contribution in [3.8, 4) is 0 Å². The van der Waals surface area contributed by atoms with E-state index in [1.165, 1.54) is 22.0 Å². The van der Waals surface area contributed by atoms with Crippen molar-refractivity contribution in [2.75, 3.05) is 6.54 Å². The first kappa shape index (κ1) is 29.3. The summed E-state index contributed by atoms with van der Waals surface area (Å²) in [6, 6.07) is 17.4. The minimum atomic E-state index is 0.123. The number of rotatable bonds is 5. The van der Waals surface area contributed by atoms with Crippen molar-refractivity contribution in [3.63, 3.8) is 0 Å². The second kappa shape index (κ2) is 13.9. The molecule has 0 bridgehead atoms. The van der Waals surface area contributed by atoms with E-state index in [2.05, 4.69) is 131 Å². The molecule has 2 aromatic carbocycles. The monoisotopic (exact) mass is 633 g/mol. The number of amidine groups is 1. The van der Waals surface area contributed by atoms with Gasteiger partial charge in [0.05, 0.1) is 11.7 Å². The van der Waals surface area contributed by atoms with Gasteiger partial charge in [-0.25, -0.2) is 4.99 Å². The Morgan fingerprint density at radius 3 is 2.03 bits per heavy atom. The van der Waals surface area contributed by atoms with E-state index in [0.29, 0.717) is 11.8 Å². The Kier molecular flexibility index (Phi) is 12.0. The summed E-state index contributed by atoms with van der Waals surface area (Å²) in [4.78, 5) is 10.6. The number of halogens is 2. The first-order chi connectivity index (χ1) is 16.1. The molecule has 0 amide bonds. The molecule has 0 radical (unpaired) electrons. The van der Waals surface area contributed by atoms with E-state index >= 15 is 0 Å². The van der Waals surface area contributed by atoms with Crippen molar-refractivity contribution in [1.82, 2.24) is 5.32 Å². The van der Waals surface area contributed by atoms with Gasteiger partial charge in [0.1, 0.15) is 11.5 Å². The Morgan fingerprint density at radius 1 is 0.971 bits per heavy atom. The third kappa shape index (κ3) is 8.31. The van der Waals surface area contributed by atoms with Crippen molar-refractivity contribution in [2.24, 2.45) is 15.4 Å². The van der Waals surface area contributed by atoms with Crippen LogP contribution in [0.1, 0.15) is 89.8 Å². The number of para-hydroxylation sites is 1. The van der Waals surface area contributed by atoms with Crippen LogP contribution in [0, 0.1) is 5.41 Å². The van der Waals surface area contributed by atoms with Crippen LogP contribution in [0.2, 0.25) is 0 Å². The molecule has 6 heteroatoms. The molecule has 1 N–H and O–H groups in total. The molecular weight excluding hydrogens is 597 g/mol. The van der Waals surface area contributed by atoms with Crippen molar-refractivity contribution in [2.45, 2.75) is 79.2 Å².